The highest BCUT2D eigenvalue weighted by atomic mass is 15.2. The van der Waals surface area contributed by atoms with E-state index in [1.54, 1.807) is 0 Å². The number of benzene rings is 13. The van der Waals surface area contributed by atoms with Crippen LogP contribution in [0.15, 0.2) is 291 Å². The van der Waals surface area contributed by atoms with Crippen molar-refractivity contribution in [1.29, 1.82) is 0 Å². The number of hydrogen-bond donors (Lipinski definition) is 0. The maximum absolute atomic E-state index is 5.70. The molecule has 0 bridgehead atoms. The number of nitrogens with zero attached hydrogens (tertiary/aromatic N) is 6. The topological polar surface area (TPSA) is 45.5 Å². The first-order valence-corrected chi connectivity index (χ1v) is 28.7. The Morgan fingerprint density at radius 3 is 1.00 bits per heavy atom. The molecule has 0 amide bonds. The molecular formula is C78H48N6. The van der Waals surface area contributed by atoms with Crippen molar-refractivity contribution in [2.24, 2.45) is 0 Å². The first-order chi connectivity index (χ1) is 41.7. The van der Waals surface area contributed by atoms with Gasteiger partial charge in [-0.1, -0.05) is 200 Å². The number of para-hydroxylation sites is 6. The summed E-state index contributed by atoms with van der Waals surface area (Å²) in [7, 11) is 0. The third-order valence-corrected chi connectivity index (χ3v) is 17.6. The van der Waals surface area contributed by atoms with Crippen LogP contribution in [0, 0.1) is 0 Å². The second-order valence-corrected chi connectivity index (χ2v) is 22.0. The lowest BCUT2D eigenvalue weighted by Crippen LogP contribution is -2.04. The molecule has 84 heavy (non-hydrogen) atoms. The predicted octanol–water partition coefficient (Wildman–Crippen LogP) is 20.2. The number of rotatable bonds is 7. The average Bonchev–Trinajstić information content (AvgIpc) is 2.40. The molecule has 0 saturated heterocycles. The summed E-state index contributed by atoms with van der Waals surface area (Å²) in [4.78, 5) is 11.3. The maximum Gasteiger partial charge on any atom is 0.235 e. The third kappa shape index (κ3) is 6.67. The molecule has 0 spiro atoms. The predicted molar refractivity (Wildman–Crippen MR) is 351 cm³/mol. The summed E-state index contributed by atoms with van der Waals surface area (Å²) in [6.07, 6.45) is 0. The van der Waals surface area contributed by atoms with E-state index in [0.717, 1.165) is 88.4 Å². The molecule has 0 fully saturated rings. The van der Waals surface area contributed by atoms with Gasteiger partial charge in [0.25, 0.3) is 0 Å². The van der Waals surface area contributed by atoms with Crippen LogP contribution in [0.1, 0.15) is 0 Å². The molecule has 5 heterocycles. The largest absolute Gasteiger partial charge is 0.309 e. The molecule has 0 unspecified atom stereocenters. The van der Waals surface area contributed by atoms with E-state index in [1.165, 1.54) is 71.1 Å². The van der Waals surface area contributed by atoms with Gasteiger partial charge in [0.1, 0.15) is 0 Å². The maximum atomic E-state index is 5.70. The highest BCUT2D eigenvalue weighted by Crippen LogP contribution is 2.47. The molecule has 18 aromatic rings. The molecule has 0 radical (unpaired) electrons. The molecule has 6 heteroatoms. The SMILES string of the molecule is c1ccc(-n2c3ccccc3c3c(-c4cccc5c4c4ccccc4n5-c4ccc(-c5nc(-n6c7ccccc7c7c(-c8cccc9c8c8ccccc8n9-c8ccccc8)cccc76)nc6c5ccc5ccccc56)cc4)cccc32)cc1. The highest BCUT2D eigenvalue weighted by molar-refractivity contribution is 6.24. The minimum Gasteiger partial charge on any atom is -0.309 e. The van der Waals surface area contributed by atoms with Crippen LogP contribution in [-0.4, -0.2) is 28.2 Å². The molecule has 390 valence electrons. The van der Waals surface area contributed by atoms with E-state index < -0.39 is 0 Å². The molecule has 0 aliphatic carbocycles. The summed E-state index contributed by atoms with van der Waals surface area (Å²) in [6.45, 7) is 0. The normalized spacial score (nSPS) is 12.0. The van der Waals surface area contributed by atoms with Gasteiger partial charge >= 0.3 is 0 Å². The summed E-state index contributed by atoms with van der Waals surface area (Å²) in [6, 6.07) is 106. The Kier molecular flexibility index (Phi) is 9.99. The van der Waals surface area contributed by atoms with Crippen LogP contribution in [0.25, 0.3) is 165 Å². The van der Waals surface area contributed by atoms with Gasteiger partial charge in [0.05, 0.1) is 55.3 Å². The van der Waals surface area contributed by atoms with Gasteiger partial charge in [-0.05, 0) is 119 Å². The monoisotopic (exact) mass is 1070 g/mol. The fraction of sp³-hybridized carbons (Fsp3) is 0. The van der Waals surface area contributed by atoms with Crippen LogP contribution >= 0.6 is 0 Å². The lowest BCUT2D eigenvalue weighted by molar-refractivity contribution is 1.02. The third-order valence-electron chi connectivity index (χ3n) is 17.6. The minimum atomic E-state index is 0.622. The van der Waals surface area contributed by atoms with Crippen LogP contribution in [0.3, 0.4) is 0 Å². The van der Waals surface area contributed by atoms with Gasteiger partial charge in [0.2, 0.25) is 5.95 Å². The molecule has 0 saturated carbocycles. The fourth-order valence-corrected chi connectivity index (χ4v) is 14.1. The molecule has 5 aromatic heterocycles. The van der Waals surface area contributed by atoms with Crippen molar-refractivity contribution in [2.45, 2.75) is 0 Å². The molecule has 6 nitrogen and oxygen atoms in total. The van der Waals surface area contributed by atoms with E-state index in [2.05, 4.69) is 309 Å². The number of fused-ring (bicyclic) bond motifs is 15. The lowest BCUT2D eigenvalue weighted by atomic mass is 9.95. The molecular weight excluding hydrogens is 1020 g/mol. The Bertz CT molecular complexity index is 5720. The van der Waals surface area contributed by atoms with Crippen LogP contribution in [0.5, 0.6) is 0 Å². The summed E-state index contributed by atoms with van der Waals surface area (Å²) in [5.74, 6) is 0.622. The molecule has 0 aliphatic rings. The Morgan fingerprint density at radius 2 is 0.560 bits per heavy atom. The Morgan fingerprint density at radius 1 is 0.214 bits per heavy atom. The van der Waals surface area contributed by atoms with Crippen LogP contribution < -0.4 is 0 Å². The second-order valence-electron chi connectivity index (χ2n) is 22.0. The van der Waals surface area contributed by atoms with Gasteiger partial charge < -0.3 is 13.7 Å². The van der Waals surface area contributed by atoms with E-state index >= 15 is 0 Å². The van der Waals surface area contributed by atoms with E-state index in [1.807, 2.05) is 0 Å². The van der Waals surface area contributed by atoms with Gasteiger partial charge in [-0.2, -0.15) is 0 Å². The lowest BCUT2D eigenvalue weighted by Gasteiger charge is -2.14. The second kappa shape index (κ2) is 18.1. The first kappa shape index (κ1) is 46.4. The van der Waals surface area contributed by atoms with Crippen molar-refractivity contribution in [3.05, 3.63) is 291 Å². The van der Waals surface area contributed by atoms with E-state index in [9.17, 15) is 0 Å². The molecule has 0 aliphatic heterocycles. The zero-order valence-electron chi connectivity index (χ0n) is 45.4. The molecule has 13 aromatic carbocycles. The first-order valence-electron chi connectivity index (χ1n) is 28.7. The molecule has 18 rings (SSSR count). The summed E-state index contributed by atoms with van der Waals surface area (Å²) >= 11 is 0. The van der Waals surface area contributed by atoms with Gasteiger partial charge in [0, 0.05) is 76.5 Å². The van der Waals surface area contributed by atoms with Crippen molar-refractivity contribution in [3.8, 4) is 56.5 Å². The smallest absolute Gasteiger partial charge is 0.235 e. The van der Waals surface area contributed by atoms with Crippen molar-refractivity contribution in [2.75, 3.05) is 0 Å². The Balaban J connectivity index is 0.822. The molecule has 0 atom stereocenters. The highest BCUT2D eigenvalue weighted by Gasteiger charge is 2.25. The van der Waals surface area contributed by atoms with Crippen LogP contribution in [-0.2, 0) is 0 Å². The van der Waals surface area contributed by atoms with E-state index in [-0.39, 0.29) is 0 Å². The van der Waals surface area contributed by atoms with Gasteiger partial charge in [-0.3, -0.25) is 4.57 Å². The van der Waals surface area contributed by atoms with E-state index in [4.69, 9.17) is 9.97 Å². The standard InChI is InChI=1S/C78H48N6/c1-3-22-51(23-4-1)81-64-35-13-9-27-59(64)72-55(31-17-39-68(72)81)56-32-19-41-70-74(56)61-29-11-15-37-66(61)83(70)53-46-43-50(44-47-53)76-63-48-45-49-21-7-8-26-54(49)77(63)80-78(79-76)84-67-38-16-12-30-62(67)75-58(34-20-42-71(75)84)57-33-18-40-69-73(57)60-28-10-14-36-65(60)82(69)52-24-5-2-6-25-52/h1-48H. The zero-order chi connectivity index (χ0) is 55.0. The number of aromatic nitrogens is 6. The minimum absolute atomic E-state index is 0.622. The summed E-state index contributed by atoms with van der Waals surface area (Å²) in [5, 5.41) is 12.9. The van der Waals surface area contributed by atoms with Gasteiger partial charge in [-0.15, -0.1) is 0 Å². The Labute approximate surface area is 482 Å². The van der Waals surface area contributed by atoms with Crippen LogP contribution in [0.4, 0.5) is 0 Å². The zero-order valence-corrected chi connectivity index (χ0v) is 45.4. The summed E-state index contributed by atoms with van der Waals surface area (Å²) < 4.78 is 9.51. The van der Waals surface area contributed by atoms with Crippen molar-refractivity contribution in [3.63, 3.8) is 0 Å². The van der Waals surface area contributed by atoms with Gasteiger partial charge in [0.15, 0.2) is 0 Å². The van der Waals surface area contributed by atoms with Crippen molar-refractivity contribution < 1.29 is 0 Å². The van der Waals surface area contributed by atoms with Crippen molar-refractivity contribution >= 4 is 109 Å². The van der Waals surface area contributed by atoms with Crippen LogP contribution in [0.2, 0.25) is 0 Å². The number of hydrogen-bond acceptors (Lipinski definition) is 2. The quantitative estimate of drug-likeness (QED) is 0.149. The van der Waals surface area contributed by atoms with Crippen molar-refractivity contribution in [1.82, 2.24) is 28.2 Å². The molecule has 0 N–H and O–H groups in total. The Hall–Kier alpha value is -11.3. The fourth-order valence-electron chi connectivity index (χ4n) is 14.1. The summed E-state index contributed by atoms with van der Waals surface area (Å²) in [5.41, 5.74) is 20.0. The van der Waals surface area contributed by atoms with E-state index in [0.29, 0.717) is 5.95 Å². The average molecular weight is 1070 g/mol. The van der Waals surface area contributed by atoms with Gasteiger partial charge in [-0.25, -0.2) is 9.97 Å².